The van der Waals surface area contributed by atoms with Crippen LogP contribution in [-0.2, 0) is 17.8 Å². The molecule has 0 saturated heterocycles. The van der Waals surface area contributed by atoms with Gasteiger partial charge in [-0.05, 0) is 6.42 Å². The van der Waals surface area contributed by atoms with Crippen LogP contribution in [0.4, 0.5) is 0 Å². The second kappa shape index (κ2) is 6.49. The van der Waals surface area contributed by atoms with Crippen LogP contribution in [0.25, 0.3) is 0 Å². The zero-order valence-electron chi connectivity index (χ0n) is 8.40. The minimum absolute atomic E-state index is 0.0719. The Morgan fingerprint density at radius 1 is 1.67 bits per heavy atom. The van der Waals surface area contributed by atoms with Crippen molar-refractivity contribution in [3.8, 4) is 0 Å². The fourth-order valence-corrected chi connectivity index (χ4v) is 1.73. The van der Waals surface area contributed by atoms with Crippen molar-refractivity contribution < 1.29 is 9.90 Å². The summed E-state index contributed by atoms with van der Waals surface area (Å²) in [5, 5.41) is 13.9. The van der Waals surface area contributed by atoms with Gasteiger partial charge in [-0.2, -0.15) is 0 Å². The fraction of sp³-hybridized carbons (Fsp3) is 0.556. The topological polar surface area (TPSA) is 88.2 Å². The summed E-state index contributed by atoms with van der Waals surface area (Å²) in [6.07, 6.45) is 0.860. The lowest BCUT2D eigenvalue weighted by Gasteiger charge is -2.01. The number of carbonyl (C=O) groups is 1. The molecule has 0 aliphatic carbocycles. The molecule has 6 heteroatoms. The summed E-state index contributed by atoms with van der Waals surface area (Å²) in [6.45, 7) is 1.01. The molecule has 0 unspecified atom stereocenters. The Labute approximate surface area is 92.3 Å². The average molecular weight is 229 g/mol. The second-order valence-electron chi connectivity index (χ2n) is 3.04. The highest BCUT2D eigenvalue weighted by Gasteiger charge is 2.06. The molecule has 0 spiro atoms. The third-order valence-corrected chi connectivity index (χ3v) is 2.69. The summed E-state index contributed by atoms with van der Waals surface area (Å²) < 4.78 is 0. The van der Waals surface area contributed by atoms with Crippen LogP contribution in [0, 0.1) is 0 Å². The van der Waals surface area contributed by atoms with Crippen molar-refractivity contribution in [2.45, 2.75) is 19.4 Å². The highest BCUT2D eigenvalue weighted by Crippen LogP contribution is 2.08. The van der Waals surface area contributed by atoms with Gasteiger partial charge in [0.1, 0.15) is 5.01 Å². The minimum Gasteiger partial charge on any atom is -0.396 e. The number of carbonyl (C=O) groups excluding carboxylic acids is 1. The Hall–Kier alpha value is -0.980. The van der Waals surface area contributed by atoms with E-state index < -0.39 is 0 Å². The molecule has 0 aliphatic rings. The summed E-state index contributed by atoms with van der Waals surface area (Å²) in [5.41, 5.74) is 6.16. The molecule has 1 aromatic rings. The van der Waals surface area contributed by atoms with Gasteiger partial charge >= 0.3 is 0 Å². The normalized spacial score (nSPS) is 10.3. The highest BCUT2D eigenvalue weighted by molar-refractivity contribution is 7.09. The van der Waals surface area contributed by atoms with Gasteiger partial charge < -0.3 is 16.2 Å². The third kappa shape index (κ3) is 4.37. The van der Waals surface area contributed by atoms with Crippen LogP contribution in [0.5, 0.6) is 0 Å². The fourth-order valence-electron chi connectivity index (χ4n) is 1.06. The van der Waals surface area contributed by atoms with E-state index in [0.29, 0.717) is 19.5 Å². The van der Waals surface area contributed by atoms with Gasteiger partial charge in [-0.25, -0.2) is 4.98 Å². The smallest absolute Gasteiger partial charge is 0.226 e. The van der Waals surface area contributed by atoms with Gasteiger partial charge in [0.15, 0.2) is 0 Å². The number of hydrogen-bond donors (Lipinski definition) is 3. The van der Waals surface area contributed by atoms with Crippen molar-refractivity contribution in [3.05, 3.63) is 16.1 Å². The van der Waals surface area contributed by atoms with E-state index >= 15 is 0 Å². The lowest BCUT2D eigenvalue weighted by molar-refractivity contribution is -0.120. The van der Waals surface area contributed by atoms with Gasteiger partial charge in [-0.15, -0.1) is 11.3 Å². The predicted octanol–water partition coefficient (Wildman–Crippen LogP) is -0.357. The van der Waals surface area contributed by atoms with Crippen LogP contribution in [-0.4, -0.2) is 29.1 Å². The molecule has 1 rings (SSSR count). The largest absolute Gasteiger partial charge is 0.396 e. The summed E-state index contributed by atoms with van der Waals surface area (Å²) in [6, 6.07) is 0. The molecule has 0 aliphatic heterocycles. The van der Waals surface area contributed by atoms with E-state index in [1.54, 1.807) is 0 Å². The van der Waals surface area contributed by atoms with Crippen LogP contribution in [0.15, 0.2) is 5.38 Å². The Kier molecular flexibility index (Phi) is 5.23. The van der Waals surface area contributed by atoms with E-state index in [0.717, 1.165) is 10.7 Å². The Balaban J connectivity index is 2.31. The maximum absolute atomic E-state index is 11.3. The zero-order chi connectivity index (χ0) is 11.1. The van der Waals surface area contributed by atoms with Gasteiger partial charge in [-0.3, -0.25) is 4.79 Å². The number of nitrogens with zero attached hydrogens (tertiary/aromatic N) is 1. The molecule has 1 amide bonds. The number of nitrogens with one attached hydrogen (secondary N) is 1. The molecule has 1 aromatic heterocycles. The first kappa shape index (κ1) is 12.1. The maximum atomic E-state index is 11.3. The first-order valence-corrected chi connectivity index (χ1v) is 5.65. The molecule has 0 atom stereocenters. The predicted molar refractivity (Wildman–Crippen MR) is 58.4 cm³/mol. The molecular weight excluding hydrogens is 214 g/mol. The van der Waals surface area contributed by atoms with Gasteiger partial charge in [-0.1, -0.05) is 0 Å². The molecule has 0 aromatic carbocycles. The number of aliphatic hydroxyl groups is 1. The number of nitrogens with two attached hydrogens (primary N) is 1. The number of amides is 1. The van der Waals surface area contributed by atoms with Crippen LogP contribution < -0.4 is 11.1 Å². The quantitative estimate of drug-likeness (QED) is 0.581. The van der Waals surface area contributed by atoms with Crippen molar-refractivity contribution in [2.75, 3.05) is 13.2 Å². The van der Waals surface area contributed by atoms with E-state index in [2.05, 4.69) is 10.3 Å². The molecule has 0 radical (unpaired) electrons. The molecule has 4 N–H and O–H groups in total. The lowest BCUT2D eigenvalue weighted by atomic mass is 10.3. The van der Waals surface area contributed by atoms with Crippen molar-refractivity contribution in [3.63, 3.8) is 0 Å². The number of aliphatic hydroxyl groups excluding tert-OH is 1. The maximum Gasteiger partial charge on any atom is 0.226 e. The Bertz CT molecular complexity index is 314. The third-order valence-electron chi connectivity index (χ3n) is 1.77. The van der Waals surface area contributed by atoms with E-state index in [1.165, 1.54) is 11.3 Å². The van der Waals surface area contributed by atoms with Crippen LogP contribution in [0.2, 0.25) is 0 Å². The molecule has 15 heavy (non-hydrogen) atoms. The Morgan fingerprint density at radius 2 is 2.47 bits per heavy atom. The number of aromatic nitrogens is 1. The summed E-state index contributed by atoms with van der Waals surface area (Å²) >= 11 is 1.46. The first-order chi connectivity index (χ1) is 7.26. The van der Waals surface area contributed by atoms with Gasteiger partial charge in [0.2, 0.25) is 5.91 Å². The van der Waals surface area contributed by atoms with E-state index in [4.69, 9.17) is 10.8 Å². The summed E-state index contributed by atoms with van der Waals surface area (Å²) in [5.74, 6) is -0.0719. The number of rotatable bonds is 6. The van der Waals surface area contributed by atoms with Crippen LogP contribution in [0.1, 0.15) is 17.1 Å². The second-order valence-corrected chi connectivity index (χ2v) is 3.98. The molecule has 0 fully saturated rings. The van der Waals surface area contributed by atoms with Crippen LogP contribution >= 0.6 is 11.3 Å². The standard InChI is InChI=1S/C9H15N3O2S/c10-5-9-12-7(6-15-9)4-8(14)11-2-1-3-13/h6,13H,1-5,10H2,(H,11,14). The summed E-state index contributed by atoms with van der Waals surface area (Å²) in [4.78, 5) is 15.5. The van der Waals surface area contributed by atoms with Crippen molar-refractivity contribution in [1.82, 2.24) is 10.3 Å². The lowest BCUT2D eigenvalue weighted by Crippen LogP contribution is -2.26. The van der Waals surface area contributed by atoms with Crippen molar-refractivity contribution in [2.24, 2.45) is 5.73 Å². The van der Waals surface area contributed by atoms with Crippen molar-refractivity contribution >= 4 is 17.2 Å². The molecule has 0 bridgehead atoms. The number of thiazole rings is 1. The van der Waals surface area contributed by atoms with Crippen molar-refractivity contribution in [1.29, 1.82) is 0 Å². The van der Waals surface area contributed by atoms with Gasteiger partial charge in [0, 0.05) is 25.1 Å². The van der Waals surface area contributed by atoms with Crippen LogP contribution in [0.3, 0.4) is 0 Å². The molecule has 84 valence electrons. The van der Waals surface area contributed by atoms with Gasteiger partial charge in [0.05, 0.1) is 12.1 Å². The van der Waals surface area contributed by atoms with E-state index in [-0.39, 0.29) is 18.9 Å². The highest BCUT2D eigenvalue weighted by atomic mass is 32.1. The minimum atomic E-state index is -0.0719. The SMILES string of the molecule is NCc1nc(CC(=O)NCCCO)cs1. The molecule has 0 saturated carbocycles. The molecule has 1 heterocycles. The number of hydrogen-bond acceptors (Lipinski definition) is 5. The average Bonchev–Trinajstić information content (AvgIpc) is 2.66. The molecular formula is C9H15N3O2S. The van der Waals surface area contributed by atoms with Gasteiger partial charge in [0.25, 0.3) is 0 Å². The summed E-state index contributed by atoms with van der Waals surface area (Å²) in [7, 11) is 0. The monoisotopic (exact) mass is 229 g/mol. The van der Waals surface area contributed by atoms with E-state index in [1.807, 2.05) is 5.38 Å². The molecule has 5 nitrogen and oxygen atoms in total. The van der Waals surface area contributed by atoms with E-state index in [9.17, 15) is 4.79 Å². The Morgan fingerprint density at radius 3 is 3.07 bits per heavy atom. The first-order valence-electron chi connectivity index (χ1n) is 4.77. The zero-order valence-corrected chi connectivity index (χ0v) is 9.22.